The zero-order valence-electron chi connectivity index (χ0n) is 10.0. The van der Waals surface area contributed by atoms with Crippen LogP contribution in [0.4, 0.5) is 5.69 Å². The van der Waals surface area contributed by atoms with Crippen LogP contribution in [0.1, 0.15) is 16.1 Å². The van der Waals surface area contributed by atoms with Crippen LogP contribution >= 0.6 is 27.3 Å². The lowest BCUT2D eigenvalue weighted by atomic mass is 10.1. The molecule has 19 heavy (non-hydrogen) atoms. The van der Waals surface area contributed by atoms with E-state index in [1.165, 1.54) is 23.3 Å². The van der Waals surface area contributed by atoms with Crippen molar-refractivity contribution in [2.24, 2.45) is 11.7 Å². The summed E-state index contributed by atoms with van der Waals surface area (Å²) >= 11 is 4.48. The second-order valence-electron chi connectivity index (χ2n) is 4.06. The van der Waals surface area contributed by atoms with Gasteiger partial charge in [0.05, 0.1) is 23.2 Å². The first kappa shape index (κ1) is 14.0. The van der Waals surface area contributed by atoms with Crippen molar-refractivity contribution in [2.45, 2.75) is 6.42 Å². The Kier molecular flexibility index (Phi) is 3.91. The van der Waals surface area contributed by atoms with E-state index in [0.29, 0.717) is 15.0 Å². The Balaban J connectivity index is 2.37. The highest BCUT2D eigenvalue weighted by atomic mass is 79.9. The number of halogens is 1. The minimum Gasteiger partial charge on any atom is -0.465 e. The Morgan fingerprint density at radius 3 is 2.79 bits per heavy atom. The molecule has 0 radical (unpaired) electrons. The van der Waals surface area contributed by atoms with Gasteiger partial charge in [0.1, 0.15) is 4.88 Å². The van der Waals surface area contributed by atoms with Gasteiger partial charge in [0, 0.05) is 18.3 Å². The topological polar surface area (TPSA) is 89.7 Å². The Labute approximate surface area is 121 Å². The van der Waals surface area contributed by atoms with Gasteiger partial charge in [0.15, 0.2) is 0 Å². The number of anilines is 1. The Hall–Kier alpha value is -1.41. The molecule has 1 atom stereocenters. The quantitative estimate of drug-likeness (QED) is 0.831. The molecule has 0 bridgehead atoms. The van der Waals surface area contributed by atoms with E-state index in [1.807, 2.05) is 0 Å². The molecule has 1 unspecified atom stereocenters. The van der Waals surface area contributed by atoms with Crippen LogP contribution < -0.4 is 10.6 Å². The van der Waals surface area contributed by atoms with E-state index in [1.54, 1.807) is 5.38 Å². The molecule has 2 rings (SSSR count). The molecule has 102 valence electrons. The molecule has 1 aliphatic rings. The molecule has 0 aliphatic carbocycles. The van der Waals surface area contributed by atoms with Gasteiger partial charge in [-0.1, -0.05) is 0 Å². The molecule has 1 aromatic rings. The average molecular weight is 347 g/mol. The molecule has 6 nitrogen and oxygen atoms in total. The van der Waals surface area contributed by atoms with Gasteiger partial charge >= 0.3 is 5.97 Å². The van der Waals surface area contributed by atoms with Crippen LogP contribution in [0, 0.1) is 5.92 Å². The number of hydrogen-bond donors (Lipinski definition) is 1. The van der Waals surface area contributed by atoms with E-state index in [2.05, 4.69) is 20.7 Å². The number of esters is 1. The van der Waals surface area contributed by atoms with Crippen LogP contribution in [0.3, 0.4) is 0 Å². The van der Waals surface area contributed by atoms with Crippen LogP contribution in [-0.4, -0.2) is 31.4 Å². The number of nitrogens with zero attached hydrogens (tertiary/aromatic N) is 1. The van der Waals surface area contributed by atoms with E-state index in [9.17, 15) is 14.4 Å². The number of methoxy groups -OCH3 is 1. The van der Waals surface area contributed by atoms with Crippen LogP contribution in [0.25, 0.3) is 0 Å². The number of carbonyl (C=O) groups is 3. The minimum absolute atomic E-state index is 0.0677. The van der Waals surface area contributed by atoms with Crippen molar-refractivity contribution in [3.63, 3.8) is 0 Å². The largest absolute Gasteiger partial charge is 0.465 e. The molecule has 0 spiro atoms. The summed E-state index contributed by atoms with van der Waals surface area (Å²) in [7, 11) is 1.28. The number of ether oxygens (including phenoxy) is 1. The zero-order valence-corrected chi connectivity index (χ0v) is 12.4. The smallest absolute Gasteiger partial charge is 0.350 e. The Morgan fingerprint density at radius 2 is 2.26 bits per heavy atom. The maximum Gasteiger partial charge on any atom is 0.350 e. The van der Waals surface area contributed by atoms with E-state index < -0.39 is 17.8 Å². The number of rotatable bonds is 3. The first-order valence-corrected chi connectivity index (χ1v) is 7.08. The molecule has 2 N–H and O–H groups in total. The lowest BCUT2D eigenvalue weighted by molar-refractivity contribution is -0.123. The van der Waals surface area contributed by atoms with Crippen LogP contribution in [0.5, 0.6) is 0 Å². The van der Waals surface area contributed by atoms with Crippen LogP contribution in [-0.2, 0) is 14.3 Å². The number of carbonyl (C=O) groups excluding carboxylic acids is 3. The summed E-state index contributed by atoms with van der Waals surface area (Å²) in [4.78, 5) is 36.5. The summed E-state index contributed by atoms with van der Waals surface area (Å²) in [5.74, 6) is -1.78. The van der Waals surface area contributed by atoms with E-state index in [4.69, 9.17) is 5.73 Å². The molecule has 1 fully saturated rings. The molecule has 1 aliphatic heterocycles. The van der Waals surface area contributed by atoms with Gasteiger partial charge in [0.2, 0.25) is 11.8 Å². The van der Waals surface area contributed by atoms with Crippen molar-refractivity contribution in [3.05, 3.63) is 14.7 Å². The van der Waals surface area contributed by atoms with Crippen molar-refractivity contribution in [1.82, 2.24) is 0 Å². The standard InChI is InChI=1S/C11H11BrN2O4S/c1-18-11(17)9-8(6(12)4-19-9)14-3-5(10(13)16)2-7(14)15/h4-5H,2-3H2,1H3,(H2,13,16). The monoisotopic (exact) mass is 346 g/mol. The molecule has 2 heterocycles. The second-order valence-corrected chi connectivity index (χ2v) is 5.79. The SMILES string of the molecule is COC(=O)c1scc(Br)c1N1CC(C(N)=O)CC1=O. The number of primary amides is 1. The van der Waals surface area contributed by atoms with E-state index >= 15 is 0 Å². The molecule has 1 saturated heterocycles. The molecule has 0 aromatic carbocycles. The van der Waals surface area contributed by atoms with Gasteiger partial charge in [0.25, 0.3) is 0 Å². The third kappa shape index (κ3) is 2.50. The van der Waals surface area contributed by atoms with Crippen molar-refractivity contribution < 1.29 is 19.1 Å². The first-order chi connectivity index (χ1) is 8.95. The summed E-state index contributed by atoms with van der Waals surface area (Å²) in [6.45, 7) is 0.188. The van der Waals surface area contributed by atoms with Gasteiger partial charge in [-0.05, 0) is 15.9 Å². The predicted molar refractivity (Wildman–Crippen MR) is 73.0 cm³/mol. The fourth-order valence-corrected chi connectivity index (χ4v) is 3.60. The van der Waals surface area contributed by atoms with E-state index in [0.717, 1.165) is 0 Å². The highest BCUT2D eigenvalue weighted by Crippen LogP contribution is 2.39. The highest BCUT2D eigenvalue weighted by molar-refractivity contribution is 9.10. The molecule has 8 heteroatoms. The van der Waals surface area contributed by atoms with Gasteiger partial charge in [-0.2, -0.15) is 0 Å². The van der Waals surface area contributed by atoms with Gasteiger partial charge in [-0.25, -0.2) is 4.79 Å². The fourth-order valence-electron chi connectivity index (χ4n) is 1.93. The Bertz CT molecular complexity index is 557. The van der Waals surface area contributed by atoms with Crippen LogP contribution in [0.15, 0.2) is 9.85 Å². The second kappa shape index (κ2) is 5.30. The van der Waals surface area contributed by atoms with Gasteiger partial charge < -0.3 is 15.4 Å². The third-order valence-corrected chi connectivity index (χ3v) is 4.75. The number of nitrogens with two attached hydrogens (primary N) is 1. The van der Waals surface area contributed by atoms with Gasteiger partial charge in [-0.3, -0.25) is 9.59 Å². The summed E-state index contributed by atoms with van der Waals surface area (Å²) in [5.41, 5.74) is 5.67. The highest BCUT2D eigenvalue weighted by Gasteiger charge is 2.37. The molecular weight excluding hydrogens is 336 g/mol. The zero-order chi connectivity index (χ0) is 14.2. The number of thiophene rings is 1. The number of amides is 2. The third-order valence-electron chi connectivity index (χ3n) is 2.89. The summed E-state index contributed by atoms with van der Waals surface area (Å²) < 4.78 is 5.30. The normalized spacial score (nSPS) is 18.7. The van der Waals surface area contributed by atoms with Gasteiger partial charge in [-0.15, -0.1) is 11.3 Å². The van der Waals surface area contributed by atoms with Crippen LogP contribution in [0.2, 0.25) is 0 Å². The van der Waals surface area contributed by atoms with E-state index in [-0.39, 0.29) is 18.9 Å². The lowest BCUT2D eigenvalue weighted by Gasteiger charge is -2.17. The minimum atomic E-state index is -0.523. The summed E-state index contributed by atoms with van der Waals surface area (Å²) in [6, 6.07) is 0. The van der Waals surface area contributed by atoms with Crippen molar-refractivity contribution >= 4 is 50.7 Å². The average Bonchev–Trinajstić information content (AvgIpc) is 2.91. The van der Waals surface area contributed by atoms with Crippen molar-refractivity contribution in [3.8, 4) is 0 Å². The first-order valence-electron chi connectivity index (χ1n) is 5.40. The van der Waals surface area contributed by atoms with Crippen molar-refractivity contribution in [2.75, 3.05) is 18.6 Å². The maximum absolute atomic E-state index is 12.0. The summed E-state index contributed by atoms with van der Waals surface area (Å²) in [6.07, 6.45) is 0.0677. The lowest BCUT2D eigenvalue weighted by Crippen LogP contribution is -2.29. The molecule has 1 aromatic heterocycles. The fraction of sp³-hybridized carbons (Fsp3) is 0.364. The molecular formula is C11H11BrN2O4S. The maximum atomic E-state index is 12.0. The molecule has 2 amide bonds. The van der Waals surface area contributed by atoms with Crippen molar-refractivity contribution in [1.29, 1.82) is 0 Å². The predicted octanol–water partition coefficient (Wildman–Crippen LogP) is 1.14. The summed E-state index contributed by atoms with van der Waals surface area (Å²) in [5, 5.41) is 1.70. The number of hydrogen-bond acceptors (Lipinski definition) is 5. The Morgan fingerprint density at radius 1 is 1.58 bits per heavy atom. The molecule has 0 saturated carbocycles.